The van der Waals surface area contributed by atoms with Crippen molar-refractivity contribution in [3.05, 3.63) is 54.9 Å². The molecule has 1 atom stereocenters. The van der Waals surface area contributed by atoms with Crippen LogP contribution in [0.3, 0.4) is 0 Å². The fourth-order valence-electron chi connectivity index (χ4n) is 2.36. The van der Waals surface area contributed by atoms with E-state index in [1.807, 2.05) is 54.0 Å². The van der Waals surface area contributed by atoms with Gasteiger partial charge in [0, 0.05) is 11.8 Å². The van der Waals surface area contributed by atoms with Crippen molar-refractivity contribution in [1.82, 2.24) is 9.55 Å². The Labute approximate surface area is 128 Å². The Hall–Kier alpha value is -2.82. The summed E-state index contributed by atoms with van der Waals surface area (Å²) >= 11 is 0. The van der Waals surface area contributed by atoms with Gasteiger partial charge in [0.1, 0.15) is 11.8 Å². The molecule has 0 radical (unpaired) electrons. The predicted molar refractivity (Wildman–Crippen MR) is 86.1 cm³/mol. The standard InChI is InChI=1S/C17H17N3O2/c1-12(20-11-18-15-8-3-4-9-16(15)20)17(21)19-13-6-5-7-14(10-13)22-2/h3-12H,1-2H3,(H,19,21). The maximum absolute atomic E-state index is 12.5. The molecule has 2 aromatic carbocycles. The van der Waals surface area contributed by atoms with Crippen molar-refractivity contribution in [3.63, 3.8) is 0 Å². The largest absolute Gasteiger partial charge is 0.497 e. The Bertz CT molecular complexity index is 810. The van der Waals surface area contributed by atoms with E-state index < -0.39 is 0 Å². The highest BCUT2D eigenvalue weighted by molar-refractivity contribution is 5.94. The third-order valence-corrected chi connectivity index (χ3v) is 3.62. The Kier molecular flexibility index (Phi) is 3.78. The van der Waals surface area contributed by atoms with Crippen LogP contribution in [0.2, 0.25) is 0 Å². The summed E-state index contributed by atoms with van der Waals surface area (Å²) in [4.78, 5) is 16.8. The number of para-hydroxylation sites is 2. The van der Waals surface area contributed by atoms with Crippen LogP contribution >= 0.6 is 0 Å². The van der Waals surface area contributed by atoms with Crippen LogP contribution < -0.4 is 10.1 Å². The highest BCUT2D eigenvalue weighted by atomic mass is 16.5. The van der Waals surface area contributed by atoms with Gasteiger partial charge in [0.25, 0.3) is 0 Å². The first-order chi connectivity index (χ1) is 10.7. The molecule has 1 aromatic heterocycles. The van der Waals surface area contributed by atoms with Crippen LogP contribution in [0, 0.1) is 0 Å². The number of hydrogen-bond acceptors (Lipinski definition) is 3. The molecule has 0 fully saturated rings. The maximum Gasteiger partial charge on any atom is 0.247 e. The summed E-state index contributed by atoms with van der Waals surface area (Å²) in [5.74, 6) is 0.606. The van der Waals surface area contributed by atoms with Crippen molar-refractivity contribution in [2.45, 2.75) is 13.0 Å². The number of carbonyl (C=O) groups excluding carboxylic acids is 1. The summed E-state index contributed by atoms with van der Waals surface area (Å²) in [6.07, 6.45) is 1.69. The number of amides is 1. The molecule has 0 bridgehead atoms. The van der Waals surface area contributed by atoms with Crippen molar-refractivity contribution in [2.24, 2.45) is 0 Å². The minimum Gasteiger partial charge on any atom is -0.497 e. The average molecular weight is 295 g/mol. The fourth-order valence-corrected chi connectivity index (χ4v) is 2.36. The number of nitrogens with zero attached hydrogens (tertiary/aromatic N) is 2. The number of ether oxygens (including phenoxy) is 1. The van der Waals surface area contributed by atoms with Crippen molar-refractivity contribution >= 4 is 22.6 Å². The molecular weight excluding hydrogens is 278 g/mol. The van der Waals surface area contributed by atoms with Crippen molar-refractivity contribution < 1.29 is 9.53 Å². The number of rotatable bonds is 4. The lowest BCUT2D eigenvalue weighted by Gasteiger charge is -2.15. The van der Waals surface area contributed by atoms with Gasteiger partial charge in [-0.15, -0.1) is 0 Å². The van der Waals surface area contributed by atoms with Gasteiger partial charge in [0.15, 0.2) is 0 Å². The fraction of sp³-hybridized carbons (Fsp3) is 0.176. The minimum absolute atomic E-state index is 0.101. The van der Waals surface area contributed by atoms with Crippen LogP contribution in [-0.4, -0.2) is 22.6 Å². The summed E-state index contributed by atoms with van der Waals surface area (Å²) < 4.78 is 7.03. The number of benzene rings is 2. The zero-order chi connectivity index (χ0) is 15.5. The smallest absolute Gasteiger partial charge is 0.247 e. The number of methoxy groups -OCH3 is 1. The molecule has 3 rings (SSSR count). The second-order valence-corrected chi connectivity index (χ2v) is 5.04. The van der Waals surface area contributed by atoms with Crippen LogP contribution in [0.4, 0.5) is 5.69 Å². The molecule has 5 nitrogen and oxygen atoms in total. The van der Waals surface area contributed by atoms with Gasteiger partial charge in [-0.05, 0) is 31.2 Å². The average Bonchev–Trinajstić information content (AvgIpc) is 2.98. The molecule has 0 saturated heterocycles. The van der Waals surface area contributed by atoms with Crippen LogP contribution in [0.1, 0.15) is 13.0 Å². The zero-order valence-electron chi connectivity index (χ0n) is 12.5. The highest BCUT2D eigenvalue weighted by Gasteiger charge is 2.17. The zero-order valence-corrected chi connectivity index (χ0v) is 12.5. The minimum atomic E-state index is -0.362. The van der Waals surface area contributed by atoms with Crippen molar-refractivity contribution in [1.29, 1.82) is 0 Å². The van der Waals surface area contributed by atoms with Crippen molar-refractivity contribution in [3.8, 4) is 5.75 Å². The van der Waals surface area contributed by atoms with Gasteiger partial charge in [-0.2, -0.15) is 0 Å². The second-order valence-electron chi connectivity index (χ2n) is 5.04. The molecule has 5 heteroatoms. The molecule has 1 N–H and O–H groups in total. The van der Waals surface area contributed by atoms with Gasteiger partial charge >= 0.3 is 0 Å². The molecule has 0 saturated carbocycles. The SMILES string of the molecule is COc1cccc(NC(=O)C(C)n2cnc3ccccc32)c1. The summed E-state index contributed by atoms with van der Waals surface area (Å²) in [6, 6.07) is 14.7. The first kappa shape index (κ1) is 14.1. The van der Waals surface area contributed by atoms with Crippen LogP contribution in [0.15, 0.2) is 54.9 Å². The summed E-state index contributed by atoms with van der Waals surface area (Å²) in [6.45, 7) is 1.85. The number of hydrogen-bond donors (Lipinski definition) is 1. The Morgan fingerprint density at radius 2 is 2.05 bits per heavy atom. The lowest BCUT2D eigenvalue weighted by molar-refractivity contribution is -0.118. The lowest BCUT2D eigenvalue weighted by Crippen LogP contribution is -2.23. The number of imidazole rings is 1. The van der Waals surface area contributed by atoms with E-state index in [1.165, 1.54) is 0 Å². The number of nitrogens with one attached hydrogen (secondary N) is 1. The normalized spacial score (nSPS) is 12.1. The molecule has 112 valence electrons. The quantitative estimate of drug-likeness (QED) is 0.804. The molecule has 3 aromatic rings. The highest BCUT2D eigenvalue weighted by Crippen LogP contribution is 2.21. The Balaban J connectivity index is 1.82. The Morgan fingerprint density at radius 3 is 2.86 bits per heavy atom. The summed E-state index contributed by atoms with van der Waals surface area (Å²) in [7, 11) is 1.60. The third-order valence-electron chi connectivity index (χ3n) is 3.62. The lowest BCUT2D eigenvalue weighted by atomic mass is 10.2. The van der Waals surface area contributed by atoms with E-state index in [0.717, 1.165) is 11.0 Å². The van der Waals surface area contributed by atoms with Crippen molar-refractivity contribution in [2.75, 3.05) is 12.4 Å². The van der Waals surface area contributed by atoms with Crippen LogP contribution in [-0.2, 0) is 4.79 Å². The van der Waals surface area contributed by atoms with E-state index in [0.29, 0.717) is 11.4 Å². The number of aromatic nitrogens is 2. The summed E-state index contributed by atoms with van der Waals surface area (Å²) in [5, 5.41) is 2.90. The molecular formula is C17H17N3O2. The van der Waals surface area contributed by atoms with Gasteiger partial charge in [-0.3, -0.25) is 4.79 Å². The first-order valence-electron chi connectivity index (χ1n) is 7.05. The molecule has 0 aliphatic rings. The van der Waals surface area contributed by atoms with E-state index in [4.69, 9.17) is 4.74 Å². The molecule has 1 heterocycles. The topological polar surface area (TPSA) is 56.1 Å². The van der Waals surface area contributed by atoms with E-state index in [9.17, 15) is 4.79 Å². The van der Waals surface area contributed by atoms with Crippen LogP contribution in [0.25, 0.3) is 11.0 Å². The molecule has 0 aliphatic carbocycles. The summed E-state index contributed by atoms with van der Waals surface area (Å²) in [5.41, 5.74) is 2.53. The van der Waals surface area contributed by atoms with Gasteiger partial charge in [-0.25, -0.2) is 4.98 Å². The third kappa shape index (κ3) is 2.65. The first-order valence-corrected chi connectivity index (χ1v) is 7.05. The van der Waals surface area contributed by atoms with E-state index in [2.05, 4.69) is 10.3 Å². The van der Waals surface area contributed by atoms with Gasteiger partial charge in [0.05, 0.1) is 24.5 Å². The van der Waals surface area contributed by atoms with E-state index in [-0.39, 0.29) is 11.9 Å². The number of carbonyl (C=O) groups is 1. The molecule has 22 heavy (non-hydrogen) atoms. The van der Waals surface area contributed by atoms with E-state index >= 15 is 0 Å². The van der Waals surface area contributed by atoms with Gasteiger partial charge in [-0.1, -0.05) is 18.2 Å². The molecule has 1 amide bonds. The molecule has 1 unspecified atom stereocenters. The van der Waals surface area contributed by atoms with E-state index in [1.54, 1.807) is 19.5 Å². The molecule has 0 aliphatic heterocycles. The van der Waals surface area contributed by atoms with Gasteiger partial charge < -0.3 is 14.6 Å². The Morgan fingerprint density at radius 1 is 1.23 bits per heavy atom. The number of fused-ring (bicyclic) bond motifs is 1. The monoisotopic (exact) mass is 295 g/mol. The maximum atomic E-state index is 12.5. The predicted octanol–water partition coefficient (Wildman–Crippen LogP) is 3.24. The second kappa shape index (κ2) is 5.89. The van der Waals surface area contributed by atoms with Crippen LogP contribution in [0.5, 0.6) is 5.75 Å². The molecule has 0 spiro atoms. The number of anilines is 1. The van der Waals surface area contributed by atoms with Gasteiger partial charge in [0.2, 0.25) is 5.91 Å².